The zero-order chi connectivity index (χ0) is 11.5. The van der Waals surface area contributed by atoms with E-state index in [0.717, 1.165) is 30.5 Å². The topological polar surface area (TPSA) is 3.24 Å². The number of hydrogen-bond donors (Lipinski definition) is 0. The van der Waals surface area contributed by atoms with Crippen molar-refractivity contribution in [1.29, 1.82) is 0 Å². The Kier molecular flexibility index (Phi) is 4.28. The quantitative estimate of drug-likeness (QED) is 0.749. The molecule has 1 fully saturated rings. The lowest BCUT2D eigenvalue weighted by molar-refractivity contribution is 0.180. The largest absolute Gasteiger partial charge is 0.299 e. The second-order valence-electron chi connectivity index (χ2n) is 4.65. The molecule has 1 saturated heterocycles. The third-order valence-electron chi connectivity index (χ3n) is 3.18. The van der Waals surface area contributed by atoms with E-state index in [1.54, 1.807) is 0 Å². The summed E-state index contributed by atoms with van der Waals surface area (Å²) in [6.07, 6.45) is 1.11. The van der Waals surface area contributed by atoms with Crippen LogP contribution < -0.4 is 0 Å². The van der Waals surface area contributed by atoms with Crippen molar-refractivity contribution < 1.29 is 0 Å². The highest BCUT2D eigenvalue weighted by molar-refractivity contribution is 9.10. The molecule has 0 spiro atoms. The predicted octanol–water partition coefficient (Wildman–Crippen LogP) is 3.90. The van der Waals surface area contributed by atoms with Crippen molar-refractivity contribution in [3.63, 3.8) is 0 Å². The monoisotopic (exact) mass is 301 g/mol. The van der Waals surface area contributed by atoms with Gasteiger partial charge in [-0.1, -0.05) is 35.0 Å². The molecule has 0 N–H and O–H groups in total. The van der Waals surface area contributed by atoms with E-state index in [-0.39, 0.29) is 0 Å². The molecule has 2 atom stereocenters. The molecular formula is C13H17BrClN. The summed E-state index contributed by atoms with van der Waals surface area (Å²) in [5, 5.41) is 0.360. The number of likely N-dealkylation sites (tertiary alicyclic amines) is 1. The van der Waals surface area contributed by atoms with E-state index in [4.69, 9.17) is 11.6 Å². The zero-order valence-electron chi connectivity index (χ0n) is 9.50. The van der Waals surface area contributed by atoms with E-state index < -0.39 is 0 Å². The van der Waals surface area contributed by atoms with E-state index in [9.17, 15) is 0 Å². The lowest BCUT2D eigenvalue weighted by Gasteiger charge is -2.34. The van der Waals surface area contributed by atoms with Crippen LogP contribution in [0.2, 0.25) is 0 Å². The third-order valence-corrected chi connectivity index (χ3v) is 4.32. The standard InChI is InChI=1S/C13H17BrClN/c1-10-8-16(6-5-13(10)15)9-11-3-2-4-12(14)7-11/h2-4,7,10,13H,5-6,8-9H2,1H3. The van der Waals surface area contributed by atoms with Gasteiger partial charge in [0.1, 0.15) is 0 Å². The van der Waals surface area contributed by atoms with Gasteiger partial charge in [0.15, 0.2) is 0 Å². The maximum absolute atomic E-state index is 6.23. The highest BCUT2D eigenvalue weighted by Crippen LogP contribution is 2.23. The molecule has 1 aliphatic rings. The maximum atomic E-state index is 6.23. The van der Waals surface area contributed by atoms with Crippen LogP contribution in [0.15, 0.2) is 28.7 Å². The first-order valence-corrected chi connectivity index (χ1v) is 6.99. The Hall–Kier alpha value is -0.0500. The predicted molar refractivity (Wildman–Crippen MR) is 72.8 cm³/mol. The molecule has 1 aliphatic heterocycles. The highest BCUT2D eigenvalue weighted by Gasteiger charge is 2.23. The molecule has 2 rings (SSSR count). The van der Waals surface area contributed by atoms with Crippen molar-refractivity contribution in [2.24, 2.45) is 5.92 Å². The van der Waals surface area contributed by atoms with Gasteiger partial charge in [0.2, 0.25) is 0 Å². The van der Waals surface area contributed by atoms with Crippen molar-refractivity contribution in [2.75, 3.05) is 13.1 Å². The number of alkyl halides is 1. The van der Waals surface area contributed by atoms with Crippen LogP contribution in [0.25, 0.3) is 0 Å². The summed E-state index contributed by atoms with van der Waals surface area (Å²) in [6, 6.07) is 8.54. The lowest BCUT2D eigenvalue weighted by Crippen LogP contribution is -2.39. The van der Waals surface area contributed by atoms with Gasteiger partial charge in [-0.2, -0.15) is 0 Å². The second kappa shape index (κ2) is 5.52. The average molecular weight is 303 g/mol. The fourth-order valence-electron chi connectivity index (χ4n) is 2.24. The number of rotatable bonds is 2. The minimum absolute atomic E-state index is 0.360. The fourth-order valence-corrected chi connectivity index (χ4v) is 2.86. The van der Waals surface area contributed by atoms with Crippen LogP contribution in [0.3, 0.4) is 0 Å². The Balaban J connectivity index is 1.95. The van der Waals surface area contributed by atoms with E-state index in [1.165, 1.54) is 5.56 Å². The van der Waals surface area contributed by atoms with Gasteiger partial charge in [0, 0.05) is 22.9 Å². The molecule has 0 bridgehead atoms. The van der Waals surface area contributed by atoms with Crippen molar-refractivity contribution in [1.82, 2.24) is 4.90 Å². The summed E-state index contributed by atoms with van der Waals surface area (Å²) in [5.41, 5.74) is 1.37. The molecular weight excluding hydrogens is 286 g/mol. The minimum atomic E-state index is 0.360. The van der Waals surface area contributed by atoms with Crippen LogP contribution in [0.5, 0.6) is 0 Å². The molecule has 0 aromatic heterocycles. The van der Waals surface area contributed by atoms with Crippen LogP contribution in [-0.4, -0.2) is 23.4 Å². The van der Waals surface area contributed by atoms with Gasteiger partial charge in [-0.25, -0.2) is 0 Å². The van der Waals surface area contributed by atoms with Gasteiger partial charge in [-0.15, -0.1) is 11.6 Å². The average Bonchev–Trinajstić information content (AvgIpc) is 2.24. The second-order valence-corrected chi connectivity index (χ2v) is 6.12. The Morgan fingerprint density at radius 2 is 2.31 bits per heavy atom. The summed E-state index contributed by atoms with van der Waals surface area (Å²) in [5.74, 6) is 0.600. The van der Waals surface area contributed by atoms with Gasteiger partial charge in [0.25, 0.3) is 0 Å². The lowest BCUT2D eigenvalue weighted by atomic mass is 9.99. The number of benzene rings is 1. The van der Waals surface area contributed by atoms with E-state index >= 15 is 0 Å². The van der Waals surface area contributed by atoms with E-state index in [2.05, 4.69) is 52.0 Å². The van der Waals surface area contributed by atoms with Gasteiger partial charge < -0.3 is 0 Å². The molecule has 1 nitrogen and oxygen atoms in total. The molecule has 0 amide bonds. The molecule has 0 aliphatic carbocycles. The summed E-state index contributed by atoms with van der Waals surface area (Å²) < 4.78 is 1.16. The zero-order valence-corrected chi connectivity index (χ0v) is 11.8. The first-order chi connectivity index (χ1) is 7.65. The van der Waals surface area contributed by atoms with Crippen LogP contribution in [-0.2, 0) is 6.54 Å². The molecule has 1 aromatic carbocycles. The van der Waals surface area contributed by atoms with Crippen LogP contribution in [0, 0.1) is 5.92 Å². The van der Waals surface area contributed by atoms with Gasteiger partial charge in [-0.3, -0.25) is 4.90 Å². The Labute approximate surface area is 111 Å². The van der Waals surface area contributed by atoms with E-state index in [0.29, 0.717) is 11.3 Å². The molecule has 3 heteroatoms. The number of hydrogen-bond acceptors (Lipinski definition) is 1. The highest BCUT2D eigenvalue weighted by atomic mass is 79.9. The first kappa shape index (κ1) is 12.4. The van der Waals surface area contributed by atoms with Crippen molar-refractivity contribution >= 4 is 27.5 Å². The number of piperidine rings is 1. The minimum Gasteiger partial charge on any atom is -0.299 e. The van der Waals surface area contributed by atoms with Crippen LogP contribution in [0.4, 0.5) is 0 Å². The van der Waals surface area contributed by atoms with Gasteiger partial charge in [-0.05, 0) is 36.6 Å². The molecule has 1 heterocycles. The van der Waals surface area contributed by atoms with Crippen molar-refractivity contribution in [2.45, 2.75) is 25.3 Å². The van der Waals surface area contributed by atoms with E-state index in [1.807, 2.05) is 0 Å². The van der Waals surface area contributed by atoms with Crippen molar-refractivity contribution in [3.05, 3.63) is 34.3 Å². The molecule has 88 valence electrons. The smallest absolute Gasteiger partial charge is 0.0386 e. The number of nitrogens with zero attached hydrogens (tertiary/aromatic N) is 1. The summed E-state index contributed by atoms with van der Waals surface area (Å²) in [7, 11) is 0. The Morgan fingerprint density at radius 3 is 3.00 bits per heavy atom. The molecule has 2 unspecified atom stereocenters. The van der Waals surface area contributed by atoms with Crippen LogP contribution in [0.1, 0.15) is 18.9 Å². The molecule has 0 radical (unpaired) electrons. The normalized spacial score (nSPS) is 26.9. The Morgan fingerprint density at radius 1 is 1.50 bits per heavy atom. The molecule has 0 saturated carbocycles. The first-order valence-electron chi connectivity index (χ1n) is 5.76. The Bertz CT molecular complexity index is 356. The van der Waals surface area contributed by atoms with Gasteiger partial charge >= 0.3 is 0 Å². The third kappa shape index (κ3) is 3.22. The fraction of sp³-hybridized carbons (Fsp3) is 0.538. The SMILES string of the molecule is CC1CN(Cc2cccc(Br)c2)CCC1Cl. The molecule has 16 heavy (non-hydrogen) atoms. The maximum Gasteiger partial charge on any atom is 0.0386 e. The number of halogens is 2. The van der Waals surface area contributed by atoms with Crippen molar-refractivity contribution in [3.8, 4) is 0 Å². The summed E-state index contributed by atoms with van der Waals surface area (Å²) in [4.78, 5) is 2.49. The summed E-state index contributed by atoms with van der Waals surface area (Å²) >= 11 is 9.74. The van der Waals surface area contributed by atoms with Crippen LogP contribution >= 0.6 is 27.5 Å². The summed E-state index contributed by atoms with van der Waals surface area (Å²) in [6.45, 7) is 5.50. The molecule has 1 aromatic rings. The van der Waals surface area contributed by atoms with Gasteiger partial charge in [0.05, 0.1) is 0 Å².